The van der Waals surface area contributed by atoms with E-state index in [2.05, 4.69) is 15.5 Å². The molecule has 2 N–H and O–H groups in total. The number of ether oxygens (including phenoxy) is 1. The van der Waals surface area contributed by atoms with Gasteiger partial charge < -0.3 is 10.1 Å². The maximum absolute atomic E-state index is 12.3. The fraction of sp³-hybridized carbons (Fsp3) is 0.235. The zero-order valence-corrected chi connectivity index (χ0v) is 15.5. The van der Waals surface area contributed by atoms with E-state index >= 15 is 0 Å². The average Bonchev–Trinajstić information content (AvgIpc) is 3.23. The summed E-state index contributed by atoms with van der Waals surface area (Å²) in [5.41, 5.74) is 1.72. The summed E-state index contributed by atoms with van der Waals surface area (Å²) in [7, 11) is 1.63. The average molecular weight is 374 g/mol. The number of thiophene rings is 1. The number of H-pyrrole nitrogens is 1. The molecule has 1 aromatic carbocycles. The molecule has 130 valence electrons. The van der Waals surface area contributed by atoms with Gasteiger partial charge in [0, 0.05) is 18.7 Å². The second kappa shape index (κ2) is 7.62. The number of rotatable bonds is 6. The van der Waals surface area contributed by atoms with Crippen LogP contribution in [-0.4, -0.2) is 27.8 Å². The molecule has 3 rings (SSSR count). The number of aromatic nitrogens is 3. The lowest BCUT2D eigenvalue weighted by Gasteiger charge is -2.10. The van der Waals surface area contributed by atoms with Crippen molar-refractivity contribution in [3.63, 3.8) is 0 Å². The van der Waals surface area contributed by atoms with Crippen LogP contribution in [-0.2, 0) is 11.3 Å². The van der Waals surface area contributed by atoms with Crippen LogP contribution in [0.2, 0.25) is 0 Å². The standard InChI is InChI=1S/C17H18N4O2S2/c1-11-10-12(5-6-13(11)23-2)18-15(22)7-8-21-16(19-20-17(21)24)14-4-3-9-25-14/h3-6,9-10H,7-8H2,1-2H3,(H,18,22)(H,20,24). The molecular weight excluding hydrogens is 356 g/mol. The number of aryl methyl sites for hydroxylation is 1. The van der Waals surface area contributed by atoms with E-state index in [-0.39, 0.29) is 5.91 Å². The van der Waals surface area contributed by atoms with Crippen molar-refractivity contribution >= 4 is 35.1 Å². The monoisotopic (exact) mass is 374 g/mol. The van der Waals surface area contributed by atoms with Gasteiger partial charge in [-0.2, -0.15) is 5.10 Å². The van der Waals surface area contributed by atoms with Crippen LogP contribution in [0.15, 0.2) is 35.7 Å². The Morgan fingerprint density at radius 2 is 2.28 bits per heavy atom. The van der Waals surface area contributed by atoms with Gasteiger partial charge in [-0.3, -0.25) is 14.5 Å². The molecule has 0 bridgehead atoms. The van der Waals surface area contributed by atoms with E-state index in [0.29, 0.717) is 17.7 Å². The molecule has 0 aliphatic heterocycles. The second-order valence-corrected chi connectivity index (χ2v) is 6.80. The van der Waals surface area contributed by atoms with Crippen molar-refractivity contribution in [3.8, 4) is 16.5 Å². The maximum Gasteiger partial charge on any atom is 0.226 e. The fourth-order valence-corrected chi connectivity index (χ4v) is 3.46. The molecule has 8 heteroatoms. The predicted octanol–water partition coefficient (Wildman–Crippen LogP) is 4.02. The lowest BCUT2D eigenvalue weighted by molar-refractivity contribution is -0.116. The molecule has 6 nitrogen and oxygen atoms in total. The first kappa shape index (κ1) is 17.4. The van der Waals surface area contributed by atoms with Crippen LogP contribution < -0.4 is 10.1 Å². The Labute approximate surface area is 154 Å². The molecule has 0 aliphatic carbocycles. The summed E-state index contributed by atoms with van der Waals surface area (Å²) in [6, 6.07) is 9.49. The molecule has 0 saturated carbocycles. The second-order valence-electron chi connectivity index (χ2n) is 5.46. The summed E-state index contributed by atoms with van der Waals surface area (Å²) < 4.78 is 7.58. The molecule has 0 saturated heterocycles. The predicted molar refractivity (Wildman–Crippen MR) is 102 cm³/mol. The summed E-state index contributed by atoms with van der Waals surface area (Å²) in [6.07, 6.45) is 0.303. The van der Waals surface area contributed by atoms with Gasteiger partial charge in [0.15, 0.2) is 10.6 Å². The number of methoxy groups -OCH3 is 1. The molecule has 2 heterocycles. The van der Waals surface area contributed by atoms with Crippen molar-refractivity contribution in [2.45, 2.75) is 19.9 Å². The van der Waals surface area contributed by atoms with E-state index in [1.165, 1.54) is 0 Å². The van der Waals surface area contributed by atoms with Crippen molar-refractivity contribution in [2.24, 2.45) is 0 Å². The number of aromatic amines is 1. The molecule has 0 spiro atoms. The first-order valence-electron chi connectivity index (χ1n) is 7.72. The highest BCUT2D eigenvalue weighted by molar-refractivity contribution is 7.71. The van der Waals surface area contributed by atoms with Crippen LogP contribution in [0.4, 0.5) is 5.69 Å². The van der Waals surface area contributed by atoms with Crippen LogP contribution in [0.25, 0.3) is 10.7 Å². The summed E-state index contributed by atoms with van der Waals surface area (Å²) in [5, 5.41) is 11.9. The van der Waals surface area contributed by atoms with Gasteiger partial charge in [-0.25, -0.2) is 0 Å². The zero-order valence-electron chi connectivity index (χ0n) is 13.9. The number of carbonyl (C=O) groups excluding carboxylic acids is 1. The third-order valence-electron chi connectivity index (χ3n) is 3.74. The van der Waals surface area contributed by atoms with Gasteiger partial charge in [0.2, 0.25) is 5.91 Å². The maximum atomic E-state index is 12.3. The van der Waals surface area contributed by atoms with E-state index in [0.717, 1.165) is 27.7 Å². The quantitative estimate of drug-likeness (QED) is 0.640. The fourth-order valence-electron chi connectivity index (χ4n) is 2.51. The largest absolute Gasteiger partial charge is 0.496 e. The smallest absolute Gasteiger partial charge is 0.226 e. The van der Waals surface area contributed by atoms with Crippen molar-refractivity contribution in [1.82, 2.24) is 14.8 Å². The Kier molecular flexibility index (Phi) is 5.30. The number of hydrogen-bond donors (Lipinski definition) is 2. The molecule has 0 fully saturated rings. The van der Waals surface area contributed by atoms with Gasteiger partial charge >= 0.3 is 0 Å². The highest BCUT2D eigenvalue weighted by Crippen LogP contribution is 2.23. The molecule has 0 aliphatic rings. The van der Waals surface area contributed by atoms with Crippen LogP contribution >= 0.6 is 23.6 Å². The van der Waals surface area contributed by atoms with Gasteiger partial charge in [0.1, 0.15) is 5.75 Å². The third-order valence-corrected chi connectivity index (χ3v) is 4.92. The topological polar surface area (TPSA) is 71.9 Å². The van der Waals surface area contributed by atoms with Crippen LogP contribution in [0, 0.1) is 11.7 Å². The van der Waals surface area contributed by atoms with Crippen molar-refractivity contribution in [3.05, 3.63) is 46.0 Å². The Hall–Kier alpha value is -2.45. The van der Waals surface area contributed by atoms with Gasteiger partial charge in [-0.1, -0.05) is 6.07 Å². The number of amides is 1. The number of nitrogens with one attached hydrogen (secondary N) is 2. The number of nitrogens with zero attached hydrogens (tertiary/aromatic N) is 2. The minimum atomic E-state index is -0.0789. The number of anilines is 1. The number of benzene rings is 1. The van der Waals surface area contributed by atoms with Crippen LogP contribution in [0.1, 0.15) is 12.0 Å². The molecule has 25 heavy (non-hydrogen) atoms. The van der Waals surface area contributed by atoms with E-state index in [4.69, 9.17) is 17.0 Å². The van der Waals surface area contributed by atoms with Gasteiger partial charge in [0.25, 0.3) is 0 Å². The molecule has 0 unspecified atom stereocenters. The molecule has 1 amide bonds. The summed E-state index contributed by atoms with van der Waals surface area (Å²) in [5.74, 6) is 1.47. The van der Waals surface area contributed by atoms with E-state index in [9.17, 15) is 4.79 Å². The zero-order chi connectivity index (χ0) is 17.8. The number of carbonyl (C=O) groups is 1. The lowest BCUT2D eigenvalue weighted by atomic mass is 10.2. The summed E-state index contributed by atoms with van der Waals surface area (Å²) in [6.45, 7) is 2.40. The minimum absolute atomic E-state index is 0.0789. The van der Waals surface area contributed by atoms with Crippen molar-refractivity contribution < 1.29 is 9.53 Å². The summed E-state index contributed by atoms with van der Waals surface area (Å²) in [4.78, 5) is 13.3. The van der Waals surface area contributed by atoms with E-state index in [1.807, 2.05) is 47.2 Å². The molecule has 0 radical (unpaired) electrons. The van der Waals surface area contributed by atoms with Gasteiger partial charge in [-0.05, 0) is 54.4 Å². The van der Waals surface area contributed by atoms with E-state index in [1.54, 1.807) is 18.4 Å². The first-order valence-corrected chi connectivity index (χ1v) is 9.01. The lowest BCUT2D eigenvalue weighted by Crippen LogP contribution is -2.15. The molecule has 3 aromatic rings. The third kappa shape index (κ3) is 3.97. The van der Waals surface area contributed by atoms with Crippen molar-refractivity contribution in [1.29, 1.82) is 0 Å². The van der Waals surface area contributed by atoms with Crippen LogP contribution in [0.3, 0.4) is 0 Å². The van der Waals surface area contributed by atoms with Gasteiger partial charge in [0.05, 0.1) is 12.0 Å². The Morgan fingerprint density at radius 3 is 2.96 bits per heavy atom. The molecular formula is C17H18N4O2S2. The van der Waals surface area contributed by atoms with Gasteiger partial charge in [-0.15, -0.1) is 11.3 Å². The normalized spacial score (nSPS) is 10.6. The highest BCUT2D eigenvalue weighted by atomic mass is 32.1. The summed E-state index contributed by atoms with van der Waals surface area (Å²) >= 11 is 6.86. The molecule has 2 aromatic heterocycles. The minimum Gasteiger partial charge on any atom is -0.496 e. The van der Waals surface area contributed by atoms with Crippen molar-refractivity contribution in [2.75, 3.05) is 12.4 Å². The molecule has 0 atom stereocenters. The highest BCUT2D eigenvalue weighted by Gasteiger charge is 2.12. The SMILES string of the molecule is COc1ccc(NC(=O)CCn2c(-c3cccs3)n[nH]c2=S)cc1C. The van der Waals surface area contributed by atoms with Crippen LogP contribution in [0.5, 0.6) is 5.75 Å². The Morgan fingerprint density at radius 1 is 1.44 bits per heavy atom. The Bertz CT molecular complexity index is 929. The van der Waals surface area contributed by atoms with E-state index < -0.39 is 0 Å². The Balaban J connectivity index is 1.66. The number of hydrogen-bond acceptors (Lipinski definition) is 5. The first-order chi connectivity index (χ1) is 12.1.